The van der Waals surface area contributed by atoms with Crippen LogP contribution in [0.3, 0.4) is 0 Å². The van der Waals surface area contributed by atoms with Crippen molar-refractivity contribution in [2.24, 2.45) is 0 Å². The van der Waals surface area contributed by atoms with Gasteiger partial charge >= 0.3 is 0 Å². The molecular formula is C20H18FN3OS. The van der Waals surface area contributed by atoms with Gasteiger partial charge in [-0.3, -0.25) is 4.79 Å². The highest BCUT2D eigenvalue weighted by molar-refractivity contribution is 8.01. The third kappa shape index (κ3) is 2.90. The number of carbonyl (C=O) groups is 1. The molecule has 4 nitrogen and oxygen atoms in total. The molecule has 6 heteroatoms. The fraction of sp³-hybridized carbons (Fsp3) is 0.200. The highest BCUT2D eigenvalue weighted by Gasteiger charge is 2.33. The summed E-state index contributed by atoms with van der Waals surface area (Å²) < 4.78 is 15.2. The van der Waals surface area contributed by atoms with Crippen LogP contribution >= 0.6 is 11.8 Å². The van der Waals surface area contributed by atoms with E-state index in [1.54, 1.807) is 28.6 Å². The molecule has 1 aliphatic rings. The molecule has 1 N–H and O–H groups in total. The number of para-hydroxylation sites is 1. The van der Waals surface area contributed by atoms with E-state index >= 15 is 0 Å². The van der Waals surface area contributed by atoms with Gasteiger partial charge in [0.05, 0.1) is 21.9 Å². The molecule has 26 heavy (non-hydrogen) atoms. The zero-order valence-corrected chi connectivity index (χ0v) is 15.3. The van der Waals surface area contributed by atoms with E-state index in [-0.39, 0.29) is 22.2 Å². The minimum absolute atomic E-state index is 0.0575. The van der Waals surface area contributed by atoms with Crippen molar-refractivity contribution in [2.75, 3.05) is 5.32 Å². The maximum Gasteiger partial charge on any atom is 0.238 e. The van der Waals surface area contributed by atoms with Gasteiger partial charge in [0.25, 0.3) is 0 Å². The number of nitrogens with one attached hydrogen (secondary N) is 1. The van der Waals surface area contributed by atoms with Crippen LogP contribution in [0.25, 0.3) is 5.69 Å². The van der Waals surface area contributed by atoms with E-state index in [1.807, 2.05) is 44.2 Å². The standard InChI is InChI=1S/C20H18FN3OS/c1-12-17-18(14-8-10-15(21)11-9-14)26-13(2)20(25)22-19(17)24(23-12)16-6-4-3-5-7-16/h3-11,13,18H,1-2H3,(H,22,25)/t13-,18-/m1/s1. The average Bonchev–Trinajstić information content (AvgIpc) is 2.89. The molecule has 0 spiro atoms. The van der Waals surface area contributed by atoms with Crippen molar-refractivity contribution in [1.29, 1.82) is 0 Å². The van der Waals surface area contributed by atoms with Crippen molar-refractivity contribution < 1.29 is 9.18 Å². The van der Waals surface area contributed by atoms with Crippen LogP contribution in [-0.4, -0.2) is 20.9 Å². The number of fused-ring (bicyclic) bond motifs is 1. The molecule has 0 aliphatic carbocycles. The van der Waals surface area contributed by atoms with Crippen molar-refractivity contribution in [3.63, 3.8) is 0 Å². The molecule has 3 aromatic rings. The van der Waals surface area contributed by atoms with Crippen LogP contribution in [-0.2, 0) is 4.79 Å². The second kappa shape index (κ2) is 6.61. The molecule has 1 amide bonds. The minimum atomic E-state index is -0.272. The Hall–Kier alpha value is -2.60. The molecule has 0 radical (unpaired) electrons. The Morgan fingerprint density at radius 1 is 1.12 bits per heavy atom. The number of thioether (sulfide) groups is 1. The van der Waals surface area contributed by atoms with E-state index in [4.69, 9.17) is 0 Å². The van der Waals surface area contributed by atoms with Crippen LogP contribution in [0.15, 0.2) is 54.6 Å². The summed E-state index contributed by atoms with van der Waals surface area (Å²) in [5.41, 5.74) is 3.65. The predicted octanol–water partition coefficient (Wildman–Crippen LogP) is 4.48. The number of amides is 1. The van der Waals surface area contributed by atoms with Crippen LogP contribution in [0.5, 0.6) is 0 Å². The molecule has 4 rings (SSSR count). The highest BCUT2D eigenvalue weighted by Crippen LogP contribution is 2.46. The molecule has 2 aromatic carbocycles. The Morgan fingerprint density at radius 3 is 2.50 bits per heavy atom. The molecule has 0 saturated heterocycles. The number of nitrogens with zero attached hydrogens (tertiary/aromatic N) is 2. The Kier molecular flexibility index (Phi) is 4.28. The Bertz CT molecular complexity index is 953. The van der Waals surface area contributed by atoms with Gasteiger partial charge in [0.15, 0.2) is 0 Å². The third-order valence-corrected chi connectivity index (χ3v) is 5.90. The van der Waals surface area contributed by atoms with E-state index in [0.717, 1.165) is 22.5 Å². The first-order valence-corrected chi connectivity index (χ1v) is 9.35. The first kappa shape index (κ1) is 16.8. The molecule has 0 unspecified atom stereocenters. The normalized spacial score (nSPS) is 19.6. The molecule has 2 atom stereocenters. The number of halogens is 1. The Labute approximate surface area is 155 Å². The van der Waals surface area contributed by atoms with Gasteiger partial charge in [-0.05, 0) is 43.7 Å². The maximum atomic E-state index is 13.4. The SMILES string of the molecule is Cc1nn(-c2ccccc2)c2c1[C@@H](c1ccc(F)cc1)S[C@H](C)C(=O)N2. The largest absolute Gasteiger partial charge is 0.309 e. The summed E-state index contributed by atoms with van der Waals surface area (Å²) in [6, 6.07) is 16.2. The number of anilines is 1. The van der Waals surface area contributed by atoms with Gasteiger partial charge in [-0.15, -0.1) is 11.8 Å². The summed E-state index contributed by atoms with van der Waals surface area (Å²) in [5.74, 6) is 0.356. The second-order valence-electron chi connectivity index (χ2n) is 6.29. The summed E-state index contributed by atoms with van der Waals surface area (Å²) in [4.78, 5) is 12.6. The summed E-state index contributed by atoms with van der Waals surface area (Å²) in [6.07, 6.45) is 0. The lowest BCUT2D eigenvalue weighted by Crippen LogP contribution is -2.22. The zero-order valence-electron chi connectivity index (χ0n) is 14.4. The van der Waals surface area contributed by atoms with E-state index in [2.05, 4.69) is 10.4 Å². The van der Waals surface area contributed by atoms with Crippen LogP contribution in [0.4, 0.5) is 10.2 Å². The predicted molar refractivity (Wildman–Crippen MR) is 102 cm³/mol. The van der Waals surface area contributed by atoms with Crippen molar-refractivity contribution in [3.05, 3.63) is 77.2 Å². The monoisotopic (exact) mass is 367 g/mol. The first-order chi connectivity index (χ1) is 12.5. The fourth-order valence-corrected chi connectivity index (χ4v) is 4.49. The van der Waals surface area contributed by atoms with E-state index < -0.39 is 0 Å². The number of benzene rings is 2. The minimum Gasteiger partial charge on any atom is -0.309 e. The molecule has 0 bridgehead atoms. The number of aromatic nitrogens is 2. The van der Waals surface area contributed by atoms with Gasteiger partial charge in [-0.2, -0.15) is 5.10 Å². The van der Waals surface area contributed by atoms with E-state index in [1.165, 1.54) is 12.1 Å². The molecule has 1 aliphatic heterocycles. The van der Waals surface area contributed by atoms with Gasteiger partial charge in [0.1, 0.15) is 11.6 Å². The van der Waals surface area contributed by atoms with Crippen LogP contribution < -0.4 is 5.32 Å². The van der Waals surface area contributed by atoms with Crippen molar-refractivity contribution in [3.8, 4) is 5.69 Å². The molecule has 132 valence electrons. The van der Waals surface area contributed by atoms with Gasteiger partial charge in [-0.1, -0.05) is 30.3 Å². The van der Waals surface area contributed by atoms with Crippen molar-refractivity contribution in [2.45, 2.75) is 24.3 Å². The number of aryl methyl sites for hydroxylation is 1. The first-order valence-electron chi connectivity index (χ1n) is 8.41. The zero-order chi connectivity index (χ0) is 18.3. The smallest absolute Gasteiger partial charge is 0.238 e. The lowest BCUT2D eigenvalue weighted by Gasteiger charge is -2.17. The average molecular weight is 367 g/mol. The topological polar surface area (TPSA) is 46.9 Å². The number of hydrogen-bond acceptors (Lipinski definition) is 3. The molecule has 0 fully saturated rings. The quantitative estimate of drug-likeness (QED) is 0.726. The number of carbonyl (C=O) groups excluding carboxylic acids is 1. The van der Waals surface area contributed by atoms with Gasteiger partial charge in [0, 0.05) is 5.56 Å². The highest BCUT2D eigenvalue weighted by atomic mass is 32.2. The summed E-state index contributed by atoms with van der Waals surface area (Å²) in [5, 5.41) is 7.37. The van der Waals surface area contributed by atoms with Crippen LogP contribution in [0.2, 0.25) is 0 Å². The number of rotatable bonds is 2. The Balaban J connectivity index is 1.90. The van der Waals surface area contributed by atoms with Crippen molar-refractivity contribution >= 4 is 23.5 Å². The number of hydrogen-bond donors (Lipinski definition) is 1. The fourth-order valence-electron chi connectivity index (χ4n) is 3.16. The summed E-state index contributed by atoms with van der Waals surface area (Å²) >= 11 is 1.55. The molecule has 1 aromatic heterocycles. The van der Waals surface area contributed by atoms with Crippen molar-refractivity contribution in [1.82, 2.24) is 9.78 Å². The van der Waals surface area contributed by atoms with Crippen LogP contribution in [0.1, 0.15) is 29.0 Å². The van der Waals surface area contributed by atoms with E-state index in [9.17, 15) is 9.18 Å². The second-order valence-corrected chi connectivity index (χ2v) is 7.74. The Morgan fingerprint density at radius 2 is 1.81 bits per heavy atom. The van der Waals surface area contributed by atoms with Gasteiger partial charge < -0.3 is 5.32 Å². The van der Waals surface area contributed by atoms with Crippen LogP contribution in [0, 0.1) is 12.7 Å². The molecule has 0 saturated carbocycles. The van der Waals surface area contributed by atoms with E-state index in [0.29, 0.717) is 5.82 Å². The van der Waals surface area contributed by atoms with Gasteiger partial charge in [0.2, 0.25) is 5.91 Å². The summed E-state index contributed by atoms with van der Waals surface area (Å²) in [6.45, 7) is 3.83. The third-order valence-electron chi connectivity index (χ3n) is 4.49. The maximum absolute atomic E-state index is 13.4. The lowest BCUT2D eigenvalue weighted by molar-refractivity contribution is -0.115. The molecule has 2 heterocycles. The summed E-state index contributed by atoms with van der Waals surface area (Å²) in [7, 11) is 0. The lowest BCUT2D eigenvalue weighted by atomic mass is 10.0. The molecular weight excluding hydrogens is 349 g/mol. The van der Waals surface area contributed by atoms with Gasteiger partial charge in [-0.25, -0.2) is 9.07 Å².